The first kappa shape index (κ1) is 18.1. The van der Waals surface area contributed by atoms with Crippen LogP contribution in [0.3, 0.4) is 0 Å². The summed E-state index contributed by atoms with van der Waals surface area (Å²) in [6.07, 6.45) is 5.01. The summed E-state index contributed by atoms with van der Waals surface area (Å²) < 4.78 is 25.9. The van der Waals surface area contributed by atoms with E-state index in [4.69, 9.17) is 9.47 Å². The van der Waals surface area contributed by atoms with Crippen molar-refractivity contribution < 1.29 is 18.7 Å². The van der Waals surface area contributed by atoms with Crippen LogP contribution in [0.1, 0.15) is 30.7 Å². The number of ether oxygens (including phenoxy) is 2. The molecule has 4 rings (SSSR count). The van der Waals surface area contributed by atoms with Crippen LogP contribution in [0.25, 0.3) is 0 Å². The summed E-state index contributed by atoms with van der Waals surface area (Å²) in [6.45, 7) is 4.60. The second-order valence-corrected chi connectivity index (χ2v) is 8.24. The molecule has 2 atom stereocenters. The number of halogens is 1. The maximum absolute atomic E-state index is 14.2. The predicted octanol–water partition coefficient (Wildman–Crippen LogP) is 2.61. The van der Waals surface area contributed by atoms with Crippen LogP contribution in [0.4, 0.5) is 9.52 Å². The maximum atomic E-state index is 14.2. The van der Waals surface area contributed by atoms with Gasteiger partial charge in [-0.1, -0.05) is 11.3 Å². The van der Waals surface area contributed by atoms with E-state index in [9.17, 15) is 9.18 Å². The normalized spacial score (nSPS) is 24.1. The van der Waals surface area contributed by atoms with Gasteiger partial charge >= 0.3 is 0 Å². The fraction of sp³-hybridized carbons (Fsp3) is 0.500. The van der Waals surface area contributed by atoms with E-state index >= 15 is 0 Å². The lowest BCUT2D eigenvalue weighted by Gasteiger charge is -2.23. The Hall–Kier alpha value is -2.26. The topological polar surface area (TPSA) is 76.6 Å². The molecule has 0 aliphatic carbocycles. The fourth-order valence-electron chi connectivity index (χ4n) is 3.97. The molecule has 9 heteroatoms. The van der Waals surface area contributed by atoms with Crippen molar-refractivity contribution in [3.63, 3.8) is 0 Å². The number of amides is 1. The lowest BCUT2D eigenvalue weighted by molar-refractivity contribution is -0.114. The van der Waals surface area contributed by atoms with Crippen LogP contribution in [0.2, 0.25) is 0 Å². The number of methoxy groups -OCH3 is 1. The van der Waals surface area contributed by atoms with Gasteiger partial charge in [0.1, 0.15) is 17.1 Å². The largest absolute Gasteiger partial charge is 0.495 e. The van der Waals surface area contributed by atoms with Gasteiger partial charge in [-0.25, -0.2) is 0 Å². The van der Waals surface area contributed by atoms with Crippen LogP contribution in [-0.4, -0.2) is 46.1 Å². The van der Waals surface area contributed by atoms with Crippen molar-refractivity contribution in [1.29, 1.82) is 0 Å². The molecule has 1 saturated heterocycles. The van der Waals surface area contributed by atoms with Crippen LogP contribution in [0.15, 0.2) is 12.4 Å². The molecule has 1 amide bonds. The third-order valence-corrected chi connectivity index (χ3v) is 6.02. The van der Waals surface area contributed by atoms with Gasteiger partial charge in [0, 0.05) is 44.5 Å². The molecule has 1 N–H and O–H groups in total. The highest BCUT2D eigenvalue weighted by Gasteiger charge is 2.49. The Morgan fingerprint density at radius 3 is 3.11 bits per heavy atom. The number of pyridine rings is 1. The van der Waals surface area contributed by atoms with Gasteiger partial charge < -0.3 is 14.8 Å². The number of carbonyl (C=O) groups is 1. The molecule has 1 fully saturated rings. The van der Waals surface area contributed by atoms with Crippen LogP contribution >= 0.6 is 11.3 Å². The van der Waals surface area contributed by atoms with Gasteiger partial charge in [0.2, 0.25) is 11.9 Å². The molecule has 2 aliphatic rings. The van der Waals surface area contributed by atoms with E-state index in [2.05, 4.69) is 27.1 Å². The van der Waals surface area contributed by atoms with Crippen molar-refractivity contribution in [2.75, 3.05) is 19.0 Å². The Labute approximate surface area is 160 Å². The van der Waals surface area contributed by atoms with E-state index in [1.165, 1.54) is 18.3 Å². The molecule has 7 nitrogen and oxygen atoms in total. The van der Waals surface area contributed by atoms with Crippen molar-refractivity contribution in [3.05, 3.63) is 28.8 Å². The SMILES string of the molecule is COc1cncc2c1C[C@]1(C[C@H](C)N(Cc3sc(NC(C)=O)nc3F)C1)O2. The summed E-state index contributed by atoms with van der Waals surface area (Å²) in [5.41, 5.74) is 0.693. The third kappa shape index (κ3) is 3.37. The van der Waals surface area contributed by atoms with E-state index in [-0.39, 0.29) is 22.7 Å². The van der Waals surface area contributed by atoms with Crippen molar-refractivity contribution in [3.8, 4) is 11.5 Å². The highest BCUT2D eigenvalue weighted by atomic mass is 32.1. The number of carbonyl (C=O) groups excluding carboxylic acids is 1. The third-order valence-electron chi connectivity index (χ3n) is 5.09. The molecule has 2 aromatic rings. The van der Waals surface area contributed by atoms with E-state index in [0.717, 1.165) is 29.9 Å². The second-order valence-electron chi connectivity index (χ2n) is 7.15. The van der Waals surface area contributed by atoms with Gasteiger partial charge in [0.05, 0.1) is 24.4 Å². The van der Waals surface area contributed by atoms with Crippen LogP contribution in [0.5, 0.6) is 11.5 Å². The molecule has 2 aromatic heterocycles. The zero-order chi connectivity index (χ0) is 19.2. The summed E-state index contributed by atoms with van der Waals surface area (Å²) in [5.74, 6) is 0.714. The Balaban J connectivity index is 1.50. The summed E-state index contributed by atoms with van der Waals surface area (Å²) >= 11 is 1.17. The van der Waals surface area contributed by atoms with Crippen LogP contribution < -0.4 is 14.8 Å². The monoisotopic (exact) mass is 392 g/mol. The molecular formula is C18H21FN4O3S. The zero-order valence-electron chi connectivity index (χ0n) is 15.4. The van der Waals surface area contributed by atoms with Gasteiger partial charge in [-0.3, -0.25) is 14.7 Å². The number of likely N-dealkylation sites (tertiary alicyclic amines) is 1. The predicted molar refractivity (Wildman–Crippen MR) is 98.7 cm³/mol. The van der Waals surface area contributed by atoms with Gasteiger partial charge in [-0.15, -0.1) is 0 Å². The molecule has 27 heavy (non-hydrogen) atoms. The highest BCUT2D eigenvalue weighted by molar-refractivity contribution is 7.15. The number of anilines is 1. The summed E-state index contributed by atoms with van der Waals surface area (Å²) in [5, 5.41) is 2.83. The lowest BCUT2D eigenvalue weighted by Crippen LogP contribution is -2.37. The number of hydrogen-bond acceptors (Lipinski definition) is 7. The molecule has 0 unspecified atom stereocenters. The number of aromatic nitrogens is 2. The number of nitrogens with zero attached hydrogens (tertiary/aromatic N) is 3. The van der Waals surface area contributed by atoms with Crippen molar-refractivity contribution in [1.82, 2.24) is 14.9 Å². The molecule has 144 valence electrons. The Bertz CT molecular complexity index is 889. The van der Waals surface area contributed by atoms with Crippen molar-refractivity contribution in [2.24, 2.45) is 0 Å². The Kier molecular flexibility index (Phi) is 4.51. The number of fused-ring (bicyclic) bond motifs is 1. The minimum atomic E-state index is -0.529. The van der Waals surface area contributed by atoms with E-state index in [1.807, 2.05) is 0 Å². The molecule has 0 saturated carbocycles. The van der Waals surface area contributed by atoms with Crippen molar-refractivity contribution >= 4 is 22.4 Å². The van der Waals surface area contributed by atoms with Crippen molar-refractivity contribution in [2.45, 2.75) is 44.9 Å². The second kappa shape index (κ2) is 6.72. The molecular weight excluding hydrogens is 371 g/mol. The van der Waals surface area contributed by atoms with E-state index < -0.39 is 5.95 Å². The minimum Gasteiger partial charge on any atom is -0.495 e. The van der Waals surface area contributed by atoms with Gasteiger partial charge in [0.15, 0.2) is 5.13 Å². The van der Waals surface area contributed by atoms with E-state index in [0.29, 0.717) is 18.0 Å². The lowest BCUT2D eigenvalue weighted by atomic mass is 9.94. The quantitative estimate of drug-likeness (QED) is 0.862. The average molecular weight is 392 g/mol. The molecule has 0 aromatic carbocycles. The number of thiazole rings is 1. The summed E-state index contributed by atoms with van der Waals surface area (Å²) in [7, 11) is 1.63. The first-order chi connectivity index (χ1) is 12.9. The minimum absolute atomic E-state index is 0.226. The van der Waals surface area contributed by atoms with Gasteiger partial charge in [0.25, 0.3) is 0 Å². The van der Waals surface area contributed by atoms with Gasteiger partial charge in [-0.2, -0.15) is 9.37 Å². The standard InChI is InChI=1S/C18H21FN4O3S/c1-10-4-18(5-12-13(25-3)6-20-7-14(12)26-18)9-23(10)8-15-16(19)22-17(27-15)21-11(2)24/h6-7,10H,4-5,8-9H2,1-3H3,(H,21,22,24)/t10-,18-/m0/s1. The molecule has 4 heterocycles. The first-order valence-corrected chi connectivity index (χ1v) is 9.57. The zero-order valence-corrected chi connectivity index (χ0v) is 16.2. The molecule has 2 aliphatic heterocycles. The molecule has 0 bridgehead atoms. The number of nitrogens with one attached hydrogen (secondary N) is 1. The Morgan fingerprint density at radius 2 is 2.37 bits per heavy atom. The summed E-state index contributed by atoms with van der Waals surface area (Å²) in [4.78, 5) is 21.8. The smallest absolute Gasteiger partial charge is 0.230 e. The molecule has 0 radical (unpaired) electrons. The molecule has 1 spiro atoms. The first-order valence-electron chi connectivity index (χ1n) is 8.76. The number of hydrogen-bond donors (Lipinski definition) is 1. The fourth-order valence-corrected chi connectivity index (χ4v) is 4.88. The maximum Gasteiger partial charge on any atom is 0.230 e. The highest BCUT2D eigenvalue weighted by Crippen LogP contribution is 2.45. The average Bonchev–Trinajstić information content (AvgIpc) is 3.22. The van der Waals surface area contributed by atoms with Crippen LogP contribution in [-0.2, 0) is 17.8 Å². The van der Waals surface area contributed by atoms with E-state index in [1.54, 1.807) is 19.5 Å². The van der Waals surface area contributed by atoms with Crippen LogP contribution in [0, 0.1) is 5.95 Å². The van der Waals surface area contributed by atoms with Gasteiger partial charge in [-0.05, 0) is 6.92 Å². The Morgan fingerprint density at radius 1 is 1.56 bits per heavy atom. The number of rotatable bonds is 4. The summed E-state index contributed by atoms with van der Waals surface area (Å²) in [6, 6.07) is 0.226.